The lowest BCUT2D eigenvalue weighted by atomic mass is 9.93. The number of aromatic nitrogens is 3. The number of primary amides is 1. The van der Waals surface area contributed by atoms with Gasteiger partial charge in [0.15, 0.2) is 10.9 Å². The molecule has 1 saturated heterocycles. The first-order valence-electron chi connectivity index (χ1n) is 10.3. The van der Waals surface area contributed by atoms with Crippen LogP contribution in [0.1, 0.15) is 25.3 Å². The van der Waals surface area contributed by atoms with E-state index < -0.39 is 0 Å². The van der Waals surface area contributed by atoms with Crippen molar-refractivity contribution in [3.05, 3.63) is 54.3 Å². The molecule has 1 fully saturated rings. The van der Waals surface area contributed by atoms with Crippen LogP contribution in [0.2, 0.25) is 0 Å². The molecular weight excluding hydrogens is 414 g/mol. The third kappa shape index (κ3) is 4.82. The number of carbonyl (C=O) groups is 2. The zero-order valence-corrected chi connectivity index (χ0v) is 18.1. The van der Waals surface area contributed by atoms with Crippen LogP contribution < -0.4 is 5.73 Å². The number of hydrogen-bond acceptors (Lipinski definition) is 6. The predicted octanol–water partition coefficient (Wildman–Crippen LogP) is 2.79. The summed E-state index contributed by atoms with van der Waals surface area (Å²) in [4.78, 5) is 26.3. The number of nitrogens with zero attached hydrogens (tertiary/aromatic N) is 4. The van der Waals surface area contributed by atoms with Gasteiger partial charge in [-0.25, -0.2) is 0 Å². The van der Waals surface area contributed by atoms with Crippen LogP contribution in [-0.4, -0.2) is 49.8 Å². The van der Waals surface area contributed by atoms with E-state index in [1.54, 1.807) is 17.2 Å². The summed E-state index contributed by atoms with van der Waals surface area (Å²) in [6, 6.07) is 13.7. The zero-order valence-electron chi connectivity index (χ0n) is 17.3. The van der Waals surface area contributed by atoms with E-state index in [1.807, 2.05) is 47.9 Å². The number of thioether (sulfide) groups is 1. The maximum Gasteiger partial charge on any atom is 0.233 e. The van der Waals surface area contributed by atoms with E-state index in [9.17, 15) is 9.59 Å². The molecule has 1 aliphatic heterocycles. The second-order valence-corrected chi connectivity index (χ2v) is 8.66. The molecule has 0 radical (unpaired) electrons. The SMILES string of the molecule is CC1CCC(C(N)=O)CN1C(=O)CSc1nnc(-c2ccco2)n1Cc1ccccc1. The third-order valence-corrected chi connectivity index (χ3v) is 6.52. The Balaban J connectivity index is 1.51. The standard InChI is InChI=1S/C22H25N5O3S/c1-15-9-10-17(20(23)29)13-26(15)19(28)14-31-22-25-24-21(18-8-5-11-30-18)27(22)12-16-6-3-2-4-7-16/h2-8,11,15,17H,9-10,12-14H2,1H3,(H2,23,29). The van der Waals surface area contributed by atoms with Gasteiger partial charge >= 0.3 is 0 Å². The molecule has 0 saturated carbocycles. The van der Waals surface area contributed by atoms with E-state index in [1.165, 1.54) is 11.8 Å². The summed E-state index contributed by atoms with van der Waals surface area (Å²) in [5.41, 5.74) is 6.56. The van der Waals surface area contributed by atoms with Gasteiger partial charge < -0.3 is 15.1 Å². The molecular formula is C22H25N5O3S. The topological polar surface area (TPSA) is 107 Å². The normalized spacial score (nSPS) is 18.8. The van der Waals surface area contributed by atoms with Gasteiger partial charge in [-0.05, 0) is 37.5 Å². The first-order chi connectivity index (χ1) is 15.0. The van der Waals surface area contributed by atoms with Crippen LogP contribution in [-0.2, 0) is 16.1 Å². The summed E-state index contributed by atoms with van der Waals surface area (Å²) >= 11 is 1.34. The molecule has 4 rings (SSSR count). The van der Waals surface area contributed by atoms with Crippen LogP contribution in [0.25, 0.3) is 11.6 Å². The summed E-state index contributed by atoms with van der Waals surface area (Å²) in [5, 5.41) is 9.27. The van der Waals surface area contributed by atoms with Crippen LogP contribution in [0.4, 0.5) is 0 Å². The van der Waals surface area contributed by atoms with E-state index in [-0.39, 0.29) is 29.5 Å². The Kier molecular flexibility index (Phi) is 6.41. The molecule has 162 valence electrons. The van der Waals surface area contributed by atoms with Gasteiger partial charge in [-0.2, -0.15) is 0 Å². The number of rotatable bonds is 7. The number of nitrogens with two attached hydrogens (primary N) is 1. The van der Waals surface area contributed by atoms with E-state index in [0.717, 1.165) is 18.4 Å². The molecule has 8 nitrogen and oxygen atoms in total. The Morgan fingerprint density at radius 2 is 1.97 bits per heavy atom. The first kappa shape index (κ1) is 21.2. The number of likely N-dealkylation sites (tertiary alicyclic amines) is 1. The van der Waals surface area contributed by atoms with Crippen LogP contribution in [0.5, 0.6) is 0 Å². The molecule has 2 aromatic heterocycles. The molecule has 3 aromatic rings. The van der Waals surface area contributed by atoms with Crippen molar-refractivity contribution < 1.29 is 14.0 Å². The molecule has 1 aliphatic rings. The van der Waals surface area contributed by atoms with Gasteiger partial charge in [0.2, 0.25) is 17.6 Å². The van der Waals surface area contributed by atoms with Crippen molar-refractivity contribution in [1.29, 1.82) is 0 Å². The molecule has 31 heavy (non-hydrogen) atoms. The lowest BCUT2D eigenvalue weighted by Gasteiger charge is -2.36. The van der Waals surface area contributed by atoms with Crippen LogP contribution in [0.3, 0.4) is 0 Å². The minimum absolute atomic E-state index is 0.0303. The van der Waals surface area contributed by atoms with Crippen molar-refractivity contribution in [2.45, 2.75) is 37.5 Å². The number of hydrogen-bond donors (Lipinski definition) is 1. The van der Waals surface area contributed by atoms with Crippen molar-refractivity contribution in [3.63, 3.8) is 0 Å². The van der Waals surface area contributed by atoms with Crippen molar-refractivity contribution in [2.24, 2.45) is 11.7 Å². The Labute approximate surface area is 184 Å². The number of amides is 2. The van der Waals surface area contributed by atoms with E-state index >= 15 is 0 Å². The van der Waals surface area contributed by atoms with Gasteiger partial charge in [-0.1, -0.05) is 42.1 Å². The fourth-order valence-electron chi connectivity index (χ4n) is 3.79. The molecule has 3 heterocycles. The molecule has 0 spiro atoms. The number of carbonyl (C=O) groups excluding carboxylic acids is 2. The van der Waals surface area contributed by atoms with Gasteiger partial charge in [0.25, 0.3) is 0 Å². The summed E-state index contributed by atoms with van der Waals surface area (Å²) in [6.07, 6.45) is 3.10. The van der Waals surface area contributed by atoms with Gasteiger partial charge in [-0.15, -0.1) is 10.2 Å². The fourth-order valence-corrected chi connectivity index (χ4v) is 4.61. The monoisotopic (exact) mass is 439 g/mol. The lowest BCUT2D eigenvalue weighted by molar-refractivity contribution is -0.135. The minimum Gasteiger partial charge on any atom is -0.461 e. The quantitative estimate of drug-likeness (QED) is 0.567. The minimum atomic E-state index is -0.344. The number of furan rings is 1. The van der Waals surface area contributed by atoms with Crippen molar-refractivity contribution >= 4 is 23.6 Å². The molecule has 2 unspecified atom stereocenters. The van der Waals surface area contributed by atoms with E-state index in [2.05, 4.69) is 10.2 Å². The van der Waals surface area contributed by atoms with Gasteiger partial charge in [0.1, 0.15) is 0 Å². The van der Waals surface area contributed by atoms with Gasteiger partial charge in [-0.3, -0.25) is 14.2 Å². The molecule has 2 atom stereocenters. The number of benzene rings is 1. The van der Waals surface area contributed by atoms with Crippen molar-refractivity contribution in [2.75, 3.05) is 12.3 Å². The Morgan fingerprint density at radius 3 is 2.68 bits per heavy atom. The highest BCUT2D eigenvalue weighted by atomic mass is 32.2. The molecule has 1 aromatic carbocycles. The highest BCUT2D eigenvalue weighted by molar-refractivity contribution is 7.99. The third-order valence-electron chi connectivity index (χ3n) is 5.57. The lowest BCUT2D eigenvalue weighted by Crippen LogP contribution is -2.49. The highest BCUT2D eigenvalue weighted by Gasteiger charge is 2.31. The maximum absolute atomic E-state index is 12.9. The molecule has 2 N–H and O–H groups in total. The predicted molar refractivity (Wildman–Crippen MR) is 117 cm³/mol. The van der Waals surface area contributed by atoms with Gasteiger partial charge in [0.05, 0.1) is 24.5 Å². The van der Waals surface area contributed by atoms with Gasteiger partial charge in [0, 0.05) is 12.6 Å². The molecule has 0 aliphatic carbocycles. The average molecular weight is 440 g/mol. The van der Waals surface area contributed by atoms with Crippen LogP contribution in [0, 0.1) is 5.92 Å². The van der Waals surface area contributed by atoms with Crippen LogP contribution in [0.15, 0.2) is 58.3 Å². The van der Waals surface area contributed by atoms with E-state index in [4.69, 9.17) is 10.2 Å². The molecule has 0 bridgehead atoms. The summed E-state index contributed by atoms with van der Waals surface area (Å²) in [7, 11) is 0. The van der Waals surface area contributed by atoms with Crippen molar-refractivity contribution in [3.8, 4) is 11.6 Å². The first-order valence-corrected chi connectivity index (χ1v) is 11.2. The molecule has 9 heteroatoms. The fraction of sp³-hybridized carbons (Fsp3) is 0.364. The second kappa shape index (κ2) is 9.38. The largest absolute Gasteiger partial charge is 0.461 e. The summed E-state index contributed by atoms with van der Waals surface area (Å²) in [6.45, 7) is 2.95. The smallest absolute Gasteiger partial charge is 0.233 e. The Bertz CT molecular complexity index is 1030. The average Bonchev–Trinajstić information content (AvgIpc) is 3.43. The summed E-state index contributed by atoms with van der Waals surface area (Å²) in [5.74, 6) is 0.790. The van der Waals surface area contributed by atoms with E-state index in [0.29, 0.717) is 29.8 Å². The van der Waals surface area contributed by atoms with Crippen LogP contribution >= 0.6 is 11.8 Å². The second-order valence-electron chi connectivity index (χ2n) is 7.72. The number of piperidine rings is 1. The highest BCUT2D eigenvalue weighted by Crippen LogP contribution is 2.27. The maximum atomic E-state index is 12.9. The molecule has 2 amide bonds. The van der Waals surface area contributed by atoms with Crippen molar-refractivity contribution in [1.82, 2.24) is 19.7 Å². The zero-order chi connectivity index (χ0) is 21.8. The Morgan fingerprint density at radius 1 is 1.16 bits per heavy atom. The summed E-state index contributed by atoms with van der Waals surface area (Å²) < 4.78 is 7.49. The Hall–Kier alpha value is -3.07.